The maximum atomic E-state index is 11.4. The Balaban J connectivity index is 3.94. The molecule has 0 aromatic rings. The van der Waals surface area contributed by atoms with Crippen molar-refractivity contribution in [3.8, 4) is 0 Å². The lowest BCUT2D eigenvalue weighted by Gasteiger charge is -2.17. The highest BCUT2D eigenvalue weighted by Gasteiger charge is 2.42. The van der Waals surface area contributed by atoms with Gasteiger partial charge in [0.15, 0.2) is 6.10 Å². The van der Waals surface area contributed by atoms with Crippen molar-refractivity contribution >= 4 is 0 Å². The van der Waals surface area contributed by atoms with Gasteiger partial charge in [-0.25, -0.2) is 0 Å². The number of hydrogen-bond donors (Lipinski definition) is 3. The third-order valence-corrected chi connectivity index (χ3v) is 0.887. The highest BCUT2D eigenvalue weighted by Crippen LogP contribution is 2.21. The van der Waals surface area contributed by atoms with Crippen molar-refractivity contribution in [1.82, 2.24) is 0 Å². The molecule has 62 valence electrons. The standard InChI is InChI=1S/C4H7F3O3/c5-4(6,7)3(10)2(9)1-8/h2-3,8-10H,1H2. The first-order valence-corrected chi connectivity index (χ1v) is 2.43. The summed E-state index contributed by atoms with van der Waals surface area (Å²) in [5.41, 5.74) is 0. The number of hydrogen-bond acceptors (Lipinski definition) is 3. The van der Waals surface area contributed by atoms with Gasteiger partial charge in [-0.3, -0.25) is 0 Å². The van der Waals surface area contributed by atoms with Gasteiger partial charge in [0.2, 0.25) is 0 Å². The minimum Gasteiger partial charge on any atom is -0.394 e. The van der Waals surface area contributed by atoms with Crippen LogP contribution < -0.4 is 0 Å². The number of aliphatic hydroxyl groups excluding tert-OH is 3. The smallest absolute Gasteiger partial charge is 0.394 e. The van der Waals surface area contributed by atoms with E-state index in [2.05, 4.69) is 0 Å². The Hall–Kier alpha value is -0.330. The lowest BCUT2D eigenvalue weighted by atomic mass is 10.2. The van der Waals surface area contributed by atoms with Gasteiger partial charge in [-0.1, -0.05) is 0 Å². The average Bonchev–Trinajstić information content (AvgIpc) is 1.83. The molecule has 2 unspecified atom stereocenters. The molecule has 0 spiro atoms. The Labute approximate surface area is 54.7 Å². The molecule has 0 aliphatic carbocycles. The first kappa shape index (κ1) is 9.67. The minimum absolute atomic E-state index is 1.11. The van der Waals surface area contributed by atoms with Gasteiger partial charge in [0.1, 0.15) is 6.10 Å². The van der Waals surface area contributed by atoms with E-state index in [-0.39, 0.29) is 0 Å². The van der Waals surface area contributed by atoms with E-state index in [0.717, 1.165) is 0 Å². The van der Waals surface area contributed by atoms with Crippen molar-refractivity contribution in [2.75, 3.05) is 6.61 Å². The fraction of sp³-hybridized carbons (Fsp3) is 1.00. The van der Waals surface area contributed by atoms with Gasteiger partial charge in [0.25, 0.3) is 0 Å². The molecule has 2 atom stereocenters. The highest BCUT2D eigenvalue weighted by molar-refractivity contribution is 4.72. The van der Waals surface area contributed by atoms with Gasteiger partial charge in [0, 0.05) is 0 Å². The summed E-state index contributed by atoms with van der Waals surface area (Å²) in [5.74, 6) is 0. The Bertz CT molecular complexity index is 102. The summed E-state index contributed by atoms with van der Waals surface area (Å²) in [6.45, 7) is -1.11. The Morgan fingerprint density at radius 2 is 1.60 bits per heavy atom. The SMILES string of the molecule is OCC(O)C(O)C(F)(F)F. The molecule has 0 aliphatic rings. The Morgan fingerprint density at radius 3 is 1.70 bits per heavy atom. The second-order valence-electron chi connectivity index (χ2n) is 1.74. The fourth-order valence-corrected chi connectivity index (χ4v) is 0.318. The molecule has 0 bridgehead atoms. The van der Waals surface area contributed by atoms with Gasteiger partial charge in [-0.05, 0) is 0 Å². The van der Waals surface area contributed by atoms with Crippen LogP contribution in [0, 0.1) is 0 Å². The minimum atomic E-state index is -4.87. The van der Waals surface area contributed by atoms with Crippen molar-refractivity contribution in [2.45, 2.75) is 18.4 Å². The third kappa shape index (κ3) is 2.51. The lowest BCUT2D eigenvalue weighted by Crippen LogP contribution is -2.41. The molecule has 0 fully saturated rings. The second-order valence-corrected chi connectivity index (χ2v) is 1.74. The zero-order valence-corrected chi connectivity index (χ0v) is 4.84. The van der Waals surface area contributed by atoms with E-state index in [1.165, 1.54) is 0 Å². The summed E-state index contributed by atoms with van der Waals surface area (Å²) in [7, 11) is 0. The van der Waals surface area contributed by atoms with Gasteiger partial charge < -0.3 is 15.3 Å². The van der Waals surface area contributed by atoms with Crippen LogP contribution in [0.5, 0.6) is 0 Å². The van der Waals surface area contributed by atoms with Crippen LogP contribution in [-0.4, -0.2) is 40.3 Å². The van der Waals surface area contributed by atoms with Crippen molar-refractivity contribution < 1.29 is 28.5 Å². The van der Waals surface area contributed by atoms with E-state index < -0.39 is 25.0 Å². The summed E-state index contributed by atoms with van der Waals surface area (Å²) < 4.78 is 34.1. The molecule has 0 rings (SSSR count). The predicted octanol–water partition coefficient (Wildman–Crippen LogP) is -0.737. The van der Waals surface area contributed by atoms with Crippen LogP contribution in [0.4, 0.5) is 13.2 Å². The summed E-state index contributed by atoms with van der Waals surface area (Å²) in [6.07, 6.45) is -9.89. The van der Waals surface area contributed by atoms with E-state index in [4.69, 9.17) is 15.3 Å². The predicted molar refractivity (Wildman–Crippen MR) is 25.2 cm³/mol. The number of alkyl halides is 3. The summed E-state index contributed by atoms with van der Waals surface area (Å²) >= 11 is 0. The van der Waals surface area contributed by atoms with Gasteiger partial charge in [0.05, 0.1) is 6.61 Å². The molecule has 0 aromatic heterocycles. The Morgan fingerprint density at radius 1 is 1.20 bits per heavy atom. The Kier molecular flexibility index (Phi) is 3.07. The van der Waals surface area contributed by atoms with Crippen LogP contribution in [0.25, 0.3) is 0 Å². The molecule has 10 heavy (non-hydrogen) atoms. The molecular weight excluding hydrogens is 153 g/mol. The maximum absolute atomic E-state index is 11.4. The van der Waals surface area contributed by atoms with Gasteiger partial charge in [-0.15, -0.1) is 0 Å². The van der Waals surface area contributed by atoms with E-state index in [9.17, 15) is 13.2 Å². The monoisotopic (exact) mass is 160 g/mol. The largest absolute Gasteiger partial charge is 0.416 e. The highest BCUT2D eigenvalue weighted by atomic mass is 19.4. The summed E-state index contributed by atoms with van der Waals surface area (Å²) in [5, 5.41) is 24.3. The molecule has 0 amide bonds. The van der Waals surface area contributed by atoms with Crippen LogP contribution in [0.1, 0.15) is 0 Å². The molecule has 0 saturated heterocycles. The molecule has 3 nitrogen and oxygen atoms in total. The van der Waals surface area contributed by atoms with Crippen LogP contribution in [-0.2, 0) is 0 Å². The maximum Gasteiger partial charge on any atom is 0.416 e. The van der Waals surface area contributed by atoms with Crippen molar-refractivity contribution in [3.63, 3.8) is 0 Å². The zero-order chi connectivity index (χ0) is 8.36. The fourth-order valence-electron chi connectivity index (χ4n) is 0.318. The molecule has 0 saturated carbocycles. The number of halogens is 3. The van der Waals surface area contributed by atoms with Crippen LogP contribution in [0.2, 0.25) is 0 Å². The summed E-state index contributed by atoms with van der Waals surface area (Å²) in [4.78, 5) is 0. The van der Waals surface area contributed by atoms with Gasteiger partial charge in [-0.2, -0.15) is 13.2 Å². The van der Waals surface area contributed by atoms with Crippen molar-refractivity contribution in [2.24, 2.45) is 0 Å². The van der Waals surface area contributed by atoms with Crippen LogP contribution in [0.15, 0.2) is 0 Å². The third-order valence-electron chi connectivity index (χ3n) is 0.887. The van der Waals surface area contributed by atoms with E-state index in [0.29, 0.717) is 0 Å². The molecule has 6 heteroatoms. The van der Waals surface area contributed by atoms with Crippen molar-refractivity contribution in [3.05, 3.63) is 0 Å². The molecule has 0 aromatic carbocycles. The quantitative estimate of drug-likeness (QED) is 0.498. The average molecular weight is 160 g/mol. The molecule has 0 aliphatic heterocycles. The van der Waals surface area contributed by atoms with E-state index in [1.54, 1.807) is 0 Å². The first-order chi connectivity index (χ1) is 4.39. The summed E-state index contributed by atoms with van der Waals surface area (Å²) in [6, 6.07) is 0. The first-order valence-electron chi connectivity index (χ1n) is 2.43. The molecule has 3 N–H and O–H groups in total. The molecular formula is C4H7F3O3. The molecule has 0 heterocycles. The van der Waals surface area contributed by atoms with Crippen molar-refractivity contribution in [1.29, 1.82) is 0 Å². The van der Waals surface area contributed by atoms with Crippen LogP contribution in [0.3, 0.4) is 0 Å². The normalized spacial score (nSPS) is 18.6. The topological polar surface area (TPSA) is 60.7 Å². The van der Waals surface area contributed by atoms with E-state index in [1.807, 2.05) is 0 Å². The van der Waals surface area contributed by atoms with Crippen LogP contribution >= 0.6 is 0 Å². The number of rotatable bonds is 2. The van der Waals surface area contributed by atoms with Gasteiger partial charge >= 0.3 is 6.18 Å². The molecule has 0 radical (unpaired) electrons. The second kappa shape index (κ2) is 3.18. The number of aliphatic hydroxyl groups is 3. The lowest BCUT2D eigenvalue weighted by molar-refractivity contribution is -0.233. The zero-order valence-electron chi connectivity index (χ0n) is 4.84. The van der Waals surface area contributed by atoms with E-state index >= 15 is 0 Å².